The zero-order chi connectivity index (χ0) is 12.4. The topological polar surface area (TPSA) is 29.9 Å². The molecule has 0 saturated carbocycles. The van der Waals surface area contributed by atoms with Crippen LogP contribution in [0.25, 0.3) is 0 Å². The van der Waals surface area contributed by atoms with Gasteiger partial charge in [0.25, 0.3) is 0 Å². The van der Waals surface area contributed by atoms with Gasteiger partial charge in [-0.3, -0.25) is 0 Å². The molecule has 0 fully saturated rings. The van der Waals surface area contributed by atoms with Crippen molar-refractivity contribution in [3.8, 4) is 0 Å². The van der Waals surface area contributed by atoms with Crippen molar-refractivity contribution in [1.82, 2.24) is 9.55 Å². The molecule has 0 saturated heterocycles. The first-order valence-corrected chi connectivity index (χ1v) is 5.30. The van der Waals surface area contributed by atoms with Gasteiger partial charge in [0.1, 0.15) is 22.6 Å². The fourth-order valence-electron chi connectivity index (χ4n) is 1.40. The Labute approximate surface area is 102 Å². The van der Waals surface area contributed by atoms with Gasteiger partial charge in [0, 0.05) is 13.1 Å². The number of halogens is 3. The summed E-state index contributed by atoms with van der Waals surface area (Å²) in [7, 11) is 1.76. The predicted molar refractivity (Wildman–Crippen MR) is 61.9 cm³/mol. The molecule has 6 heteroatoms. The van der Waals surface area contributed by atoms with E-state index in [-0.39, 0.29) is 5.69 Å². The maximum atomic E-state index is 13.3. The molecule has 1 N–H and O–H groups in total. The molecular weight excluding hydrogens is 248 g/mol. The van der Waals surface area contributed by atoms with Crippen molar-refractivity contribution in [3.05, 3.63) is 47.0 Å². The standard InChI is InChI=1S/C11H10ClF2N3/c1-17-10(12)5-16-11(17)6-15-9-3-2-7(13)4-8(9)14/h2-5,15H,6H2,1H3. The number of hydrogen-bond donors (Lipinski definition) is 1. The largest absolute Gasteiger partial charge is 0.375 e. The summed E-state index contributed by atoms with van der Waals surface area (Å²) in [6.45, 7) is 0.311. The lowest BCUT2D eigenvalue weighted by molar-refractivity contribution is 0.584. The van der Waals surface area contributed by atoms with E-state index in [0.29, 0.717) is 17.5 Å². The highest BCUT2D eigenvalue weighted by Gasteiger charge is 2.06. The van der Waals surface area contributed by atoms with E-state index in [2.05, 4.69) is 10.3 Å². The minimum Gasteiger partial charge on any atom is -0.375 e. The Kier molecular flexibility index (Phi) is 3.28. The molecule has 0 aliphatic heterocycles. The fraction of sp³-hybridized carbons (Fsp3) is 0.182. The third-order valence-electron chi connectivity index (χ3n) is 2.40. The summed E-state index contributed by atoms with van der Waals surface area (Å²) < 4.78 is 27.7. The van der Waals surface area contributed by atoms with Crippen LogP contribution < -0.4 is 5.32 Å². The number of benzene rings is 1. The Bertz CT molecular complexity index is 540. The van der Waals surface area contributed by atoms with Gasteiger partial charge in [-0.25, -0.2) is 13.8 Å². The van der Waals surface area contributed by atoms with Crippen LogP contribution in [-0.2, 0) is 13.6 Å². The van der Waals surface area contributed by atoms with Gasteiger partial charge in [0.15, 0.2) is 0 Å². The first-order chi connectivity index (χ1) is 8.08. The molecule has 0 bridgehead atoms. The minimum absolute atomic E-state index is 0.227. The molecule has 0 aliphatic carbocycles. The number of aromatic nitrogens is 2. The van der Waals surface area contributed by atoms with E-state index in [9.17, 15) is 8.78 Å². The molecule has 1 aromatic heterocycles. The Balaban J connectivity index is 2.10. The third-order valence-corrected chi connectivity index (χ3v) is 2.75. The van der Waals surface area contributed by atoms with Gasteiger partial charge in [-0.15, -0.1) is 0 Å². The van der Waals surface area contributed by atoms with Gasteiger partial charge in [0.2, 0.25) is 0 Å². The van der Waals surface area contributed by atoms with Crippen LogP contribution in [-0.4, -0.2) is 9.55 Å². The average Bonchev–Trinajstić information content (AvgIpc) is 2.59. The zero-order valence-corrected chi connectivity index (χ0v) is 9.80. The van der Waals surface area contributed by atoms with Crippen LogP contribution in [0.2, 0.25) is 5.15 Å². The van der Waals surface area contributed by atoms with E-state index < -0.39 is 11.6 Å². The summed E-state index contributed by atoms with van der Waals surface area (Å²) >= 11 is 5.81. The molecule has 0 aliphatic rings. The second-order valence-electron chi connectivity index (χ2n) is 3.53. The van der Waals surface area contributed by atoms with Crippen molar-refractivity contribution in [2.24, 2.45) is 7.05 Å². The number of nitrogens with one attached hydrogen (secondary N) is 1. The molecule has 0 radical (unpaired) electrons. The van der Waals surface area contributed by atoms with Crippen LogP contribution in [0.15, 0.2) is 24.4 Å². The van der Waals surface area contributed by atoms with E-state index in [0.717, 1.165) is 6.07 Å². The van der Waals surface area contributed by atoms with Gasteiger partial charge in [-0.1, -0.05) is 11.6 Å². The minimum atomic E-state index is -0.634. The molecule has 0 atom stereocenters. The van der Waals surface area contributed by atoms with Crippen LogP contribution in [0.4, 0.5) is 14.5 Å². The summed E-state index contributed by atoms with van der Waals surface area (Å²) in [6.07, 6.45) is 1.51. The Morgan fingerprint density at radius 3 is 2.76 bits per heavy atom. The molecule has 17 heavy (non-hydrogen) atoms. The zero-order valence-electron chi connectivity index (χ0n) is 9.04. The maximum Gasteiger partial charge on any atom is 0.149 e. The number of imidazole rings is 1. The van der Waals surface area contributed by atoms with Crippen LogP contribution in [0.1, 0.15) is 5.82 Å². The average molecular weight is 258 g/mol. The summed E-state index contributed by atoms with van der Waals surface area (Å²) in [5.74, 6) is -0.572. The highest BCUT2D eigenvalue weighted by atomic mass is 35.5. The molecule has 3 nitrogen and oxygen atoms in total. The summed E-state index contributed by atoms with van der Waals surface area (Å²) in [5.41, 5.74) is 0.227. The Morgan fingerprint density at radius 2 is 2.18 bits per heavy atom. The van der Waals surface area contributed by atoms with E-state index in [1.165, 1.54) is 18.3 Å². The predicted octanol–water partition coefficient (Wildman–Crippen LogP) is 2.96. The van der Waals surface area contributed by atoms with Crippen LogP contribution >= 0.6 is 11.6 Å². The lowest BCUT2D eigenvalue weighted by Gasteiger charge is -2.07. The molecular formula is C11H10ClF2N3. The first-order valence-electron chi connectivity index (χ1n) is 4.93. The molecule has 0 unspecified atom stereocenters. The maximum absolute atomic E-state index is 13.3. The highest BCUT2D eigenvalue weighted by Crippen LogP contribution is 2.16. The van der Waals surface area contributed by atoms with Gasteiger partial charge in [-0.2, -0.15) is 0 Å². The number of nitrogens with zero attached hydrogens (tertiary/aromatic N) is 2. The third kappa shape index (κ3) is 2.55. The summed E-state index contributed by atoms with van der Waals surface area (Å²) in [5, 5.41) is 3.33. The Morgan fingerprint density at radius 1 is 1.41 bits per heavy atom. The monoisotopic (exact) mass is 257 g/mol. The molecule has 2 rings (SSSR count). The lowest BCUT2D eigenvalue weighted by atomic mass is 10.3. The van der Waals surface area contributed by atoms with Crippen LogP contribution in [0, 0.1) is 11.6 Å². The molecule has 0 amide bonds. The highest BCUT2D eigenvalue weighted by molar-refractivity contribution is 6.29. The van der Waals surface area contributed by atoms with Crippen LogP contribution in [0.3, 0.4) is 0 Å². The molecule has 1 aromatic carbocycles. The molecule has 90 valence electrons. The Hall–Kier alpha value is -1.62. The van der Waals surface area contributed by atoms with E-state index in [1.54, 1.807) is 11.6 Å². The second kappa shape index (κ2) is 4.71. The molecule has 0 spiro atoms. The summed E-state index contributed by atoms with van der Waals surface area (Å²) in [6, 6.07) is 3.36. The van der Waals surface area contributed by atoms with Gasteiger partial charge < -0.3 is 9.88 Å². The summed E-state index contributed by atoms with van der Waals surface area (Å²) in [4.78, 5) is 4.05. The van der Waals surface area contributed by atoms with Crippen molar-refractivity contribution >= 4 is 17.3 Å². The van der Waals surface area contributed by atoms with Crippen molar-refractivity contribution in [2.75, 3.05) is 5.32 Å². The fourth-order valence-corrected chi connectivity index (χ4v) is 1.54. The number of anilines is 1. The van der Waals surface area contributed by atoms with Crippen molar-refractivity contribution < 1.29 is 8.78 Å². The van der Waals surface area contributed by atoms with Gasteiger partial charge in [-0.05, 0) is 12.1 Å². The van der Waals surface area contributed by atoms with Gasteiger partial charge >= 0.3 is 0 Å². The molecule has 2 aromatic rings. The van der Waals surface area contributed by atoms with Crippen molar-refractivity contribution in [1.29, 1.82) is 0 Å². The number of hydrogen-bond acceptors (Lipinski definition) is 2. The smallest absolute Gasteiger partial charge is 0.149 e. The molecule has 1 heterocycles. The SMILES string of the molecule is Cn1c(Cl)cnc1CNc1ccc(F)cc1F. The lowest BCUT2D eigenvalue weighted by Crippen LogP contribution is -2.07. The number of rotatable bonds is 3. The van der Waals surface area contributed by atoms with Crippen LogP contribution in [0.5, 0.6) is 0 Å². The van der Waals surface area contributed by atoms with E-state index in [4.69, 9.17) is 11.6 Å². The first kappa shape index (κ1) is 11.9. The van der Waals surface area contributed by atoms with E-state index in [1.807, 2.05) is 0 Å². The normalized spacial score (nSPS) is 10.6. The quantitative estimate of drug-likeness (QED) is 0.916. The second-order valence-corrected chi connectivity index (χ2v) is 3.92. The van der Waals surface area contributed by atoms with Gasteiger partial charge in [0.05, 0.1) is 18.4 Å². The van der Waals surface area contributed by atoms with Crippen molar-refractivity contribution in [3.63, 3.8) is 0 Å². The van der Waals surface area contributed by atoms with E-state index >= 15 is 0 Å². The van der Waals surface area contributed by atoms with Crippen molar-refractivity contribution in [2.45, 2.75) is 6.54 Å².